The van der Waals surface area contributed by atoms with Gasteiger partial charge < -0.3 is 15.0 Å². The molecular formula is C22H26N2O2. The van der Waals surface area contributed by atoms with E-state index in [2.05, 4.69) is 17.4 Å². The van der Waals surface area contributed by atoms with Gasteiger partial charge in [0.25, 0.3) is 0 Å². The zero-order chi connectivity index (χ0) is 17.8. The monoisotopic (exact) mass is 350 g/mol. The van der Waals surface area contributed by atoms with E-state index >= 15 is 0 Å². The Labute approximate surface area is 155 Å². The second-order valence-electron chi connectivity index (χ2n) is 7.29. The largest absolute Gasteiger partial charge is 0.489 e. The van der Waals surface area contributed by atoms with Gasteiger partial charge in [0, 0.05) is 13.0 Å². The number of likely N-dealkylation sites (tertiary alicyclic amines) is 1. The van der Waals surface area contributed by atoms with E-state index in [1.165, 1.54) is 0 Å². The van der Waals surface area contributed by atoms with Gasteiger partial charge in [-0.1, -0.05) is 48.5 Å². The summed E-state index contributed by atoms with van der Waals surface area (Å²) in [5.74, 6) is 1.15. The highest BCUT2D eigenvalue weighted by atomic mass is 16.5. The maximum absolute atomic E-state index is 13.6. The molecule has 0 aliphatic carbocycles. The molecule has 2 aliphatic heterocycles. The highest BCUT2D eigenvalue weighted by Gasteiger charge is 2.45. The lowest BCUT2D eigenvalue weighted by atomic mass is 9.72. The van der Waals surface area contributed by atoms with E-state index in [0.717, 1.165) is 50.2 Å². The van der Waals surface area contributed by atoms with E-state index in [1.807, 2.05) is 53.4 Å². The van der Waals surface area contributed by atoms with Crippen LogP contribution in [0.4, 0.5) is 0 Å². The van der Waals surface area contributed by atoms with Crippen LogP contribution in [0.5, 0.6) is 5.75 Å². The molecule has 4 nitrogen and oxygen atoms in total. The SMILES string of the molecule is O=C(N1CCC(Oc2ccccc2)C1)C1(c2ccccc2)CCNCC1. The summed E-state index contributed by atoms with van der Waals surface area (Å²) in [6.45, 7) is 3.23. The minimum atomic E-state index is -0.395. The fraction of sp³-hybridized carbons (Fsp3) is 0.409. The van der Waals surface area contributed by atoms with Crippen molar-refractivity contribution in [3.63, 3.8) is 0 Å². The van der Waals surface area contributed by atoms with E-state index in [0.29, 0.717) is 6.54 Å². The van der Waals surface area contributed by atoms with Gasteiger partial charge in [0.15, 0.2) is 0 Å². The first kappa shape index (κ1) is 17.1. The van der Waals surface area contributed by atoms with Crippen LogP contribution in [0.2, 0.25) is 0 Å². The number of rotatable bonds is 4. The van der Waals surface area contributed by atoms with Crippen molar-refractivity contribution >= 4 is 5.91 Å². The number of ether oxygens (including phenoxy) is 1. The molecule has 26 heavy (non-hydrogen) atoms. The van der Waals surface area contributed by atoms with Crippen LogP contribution < -0.4 is 10.1 Å². The van der Waals surface area contributed by atoms with Gasteiger partial charge in [-0.15, -0.1) is 0 Å². The Morgan fingerprint density at radius 3 is 2.35 bits per heavy atom. The number of nitrogens with zero attached hydrogens (tertiary/aromatic N) is 1. The summed E-state index contributed by atoms with van der Waals surface area (Å²) in [5, 5.41) is 3.40. The number of hydrogen-bond acceptors (Lipinski definition) is 3. The molecule has 1 unspecified atom stereocenters. The van der Waals surface area contributed by atoms with E-state index in [9.17, 15) is 4.79 Å². The van der Waals surface area contributed by atoms with Gasteiger partial charge in [-0.3, -0.25) is 4.79 Å². The molecule has 0 radical (unpaired) electrons. The number of hydrogen-bond donors (Lipinski definition) is 1. The summed E-state index contributed by atoms with van der Waals surface area (Å²) in [6, 6.07) is 20.2. The predicted octanol–water partition coefficient (Wildman–Crippen LogP) is 2.99. The minimum absolute atomic E-state index is 0.0795. The topological polar surface area (TPSA) is 41.6 Å². The van der Waals surface area contributed by atoms with Crippen molar-refractivity contribution < 1.29 is 9.53 Å². The molecule has 4 rings (SSSR count). The quantitative estimate of drug-likeness (QED) is 0.922. The summed E-state index contributed by atoms with van der Waals surface area (Å²) in [4.78, 5) is 15.6. The molecule has 1 N–H and O–H groups in total. The third-order valence-corrected chi connectivity index (χ3v) is 5.67. The number of nitrogens with one attached hydrogen (secondary N) is 1. The first-order chi connectivity index (χ1) is 12.8. The summed E-state index contributed by atoms with van der Waals surface area (Å²) in [7, 11) is 0. The summed E-state index contributed by atoms with van der Waals surface area (Å²) in [6.07, 6.45) is 2.69. The summed E-state index contributed by atoms with van der Waals surface area (Å²) < 4.78 is 6.08. The average Bonchev–Trinajstić information content (AvgIpc) is 3.18. The van der Waals surface area contributed by atoms with Crippen molar-refractivity contribution in [2.24, 2.45) is 0 Å². The summed E-state index contributed by atoms with van der Waals surface area (Å²) >= 11 is 0. The smallest absolute Gasteiger partial charge is 0.233 e. The Bertz CT molecular complexity index is 726. The van der Waals surface area contributed by atoms with Crippen LogP contribution in [0, 0.1) is 0 Å². The first-order valence-corrected chi connectivity index (χ1v) is 9.55. The molecule has 4 heteroatoms. The minimum Gasteiger partial charge on any atom is -0.489 e. The molecule has 0 saturated carbocycles. The lowest BCUT2D eigenvalue weighted by molar-refractivity contribution is -0.137. The molecular weight excluding hydrogens is 324 g/mol. The zero-order valence-corrected chi connectivity index (χ0v) is 15.1. The standard InChI is InChI=1S/C22H26N2O2/c25-21(22(12-14-23-15-13-22)18-7-3-1-4-8-18)24-16-11-20(17-24)26-19-9-5-2-6-10-19/h1-10,20,23H,11-17H2. The summed E-state index contributed by atoms with van der Waals surface area (Å²) in [5.41, 5.74) is 0.757. The third kappa shape index (κ3) is 3.34. The Kier molecular flexibility index (Phi) is 4.93. The van der Waals surface area contributed by atoms with Gasteiger partial charge in [-0.2, -0.15) is 0 Å². The van der Waals surface area contributed by atoms with Crippen LogP contribution in [-0.4, -0.2) is 43.1 Å². The average molecular weight is 350 g/mol. The maximum Gasteiger partial charge on any atom is 0.233 e. The number of benzene rings is 2. The number of piperidine rings is 1. The highest BCUT2D eigenvalue weighted by molar-refractivity contribution is 5.88. The molecule has 136 valence electrons. The molecule has 0 bridgehead atoms. The van der Waals surface area contributed by atoms with E-state index in [4.69, 9.17) is 4.74 Å². The van der Waals surface area contributed by atoms with Crippen molar-refractivity contribution in [1.29, 1.82) is 0 Å². The number of para-hydroxylation sites is 1. The molecule has 2 heterocycles. The molecule has 2 aliphatic rings. The number of carbonyl (C=O) groups is 1. The maximum atomic E-state index is 13.6. The van der Waals surface area contributed by atoms with Crippen LogP contribution >= 0.6 is 0 Å². The van der Waals surface area contributed by atoms with Gasteiger partial charge in [0.05, 0.1) is 12.0 Å². The van der Waals surface area contributed by atoms with Crippen LogP contribution in [0.3, 0.4) is 0 Å². The Morgan fingerprint density at radius 2 is 1.65 bits per heavy atom. The van der Waals surface area contributed by atoms with E-state index in [-0.39, 0.29) is 12.0 Å². The molecule has 2 saturated heterocycles. The fourth-order valence-corrected chi connectivity index (χ4v) is 4.24. The zero-order valence-electron chi connectivity index (χ0n) is 15.1. The Balaban J connectivity index is 1.50. The Hall–Kier alpha value is -2.33. The molecule has 2 aromatic carbocycles. The van der Waals surface area contributed by atoms with Gasteiger partial charge >= 0.3 is 0 Å². The van der Waals surface area contributed by atoms with Crippen molar-refractivity contribution in [3.8, 4) is 5.75 Å². The van der Waals surface area contributed by atoms with Crippen LogP contribution in [0.1, 0.15) is 24.8 Å². The number of carbonyl (C=O) groups excluding carboxylic acids is 1. The lowest BCUT2D eigenvalue weighted by Gasteiger charge is -2.39. The van der Waals surface area contributed by atoms with E-state index in [1.54, 1.807) is 0 Å². The molecule has 2 aromatic rings. The van der Waals surface area contributed by atoms with Gasteiger partial charge in [0.2, 0.25) is 5.91 Å². The predicted molar refractivity (Wildman–Crippen MR) is 102 cm³/mol. The molecule has 0 spiro atoms. The number of amides is 1. The molecule has 1 atom stereocenters. The molecule has 2 fully saturated rings. The first-order valence-electron chi connectivity index (χ1n) is 9.55. The van der Waals surface area contributed by atoms with Gasteiger partial charge in [-0.05, 0) is 43.6 Å². The molecule has 1 amide bonds. The van der Waals surface area contributed by atoms with Crippen molar-refractivity contribution in [3.05, 3.63) is 66.2 Å². The van der Waals surface area contributed by atoms with Crippen molar-refractivity contribution in [1.82, 2.24) is 10.2 Å². The second kappa shape index (κ2) is 7.50. The van der Waals surface area contributed by atoms with Crippen LogP contribution in [0.15, 0.2) is 60.7 Å². The van der Waals surface area contributed by atoms with Crippen molar-refractivity contribution in [2.75, 3.05) is 26.2 Å². The second-order valence-corrected chi connectivity index (χ2v) is 7.29. The van der Waals surface area contributed by atoms with Crippen LogP contribution in [-0.2, 0) is 10.2 Å². The van der Waals surface area contributed by atoms with Crippen molar-refractivity contribution in [2.45, 2.75) is 30.8 Å². The third-order valence-electron chi connectivity index (χ3n) is 5.67. The molecule has 0 aromatic heterocycles. The lowest BCUT2D eigenvalue weighted by Crippen LogP contribution is -2.51. The van der Waals surface area contributed by atoms with E-state index < -0.39 is 5.41 Å². The van der Waals surface area contributed by atoms with Crippen LogP contribution in [0.25, 0.3) is 0 Å². The normalized spacial score (nSPS) is 22.2. The fourth-order valence-electron chi connectivity index (χ4n) is 4.24. The van der Waals surface area contributed by atoms with Gasteiger partial charge in [0.1, 0.15) is 11.9 Å². The Morgan fingerprint density at radius 1 is 1.00 bits per heavy atom. The van der Waals surface area contributed by atoms with Gasteiger partial charge in [-0.25, -0.2) is 0 Å². The highest BCUT2D eigenvalue weighted by Crippen LogP contribution is 2.36.